The molecule has 0 spiro atoms. The van der Waals surface area contributed by atoms with Crippen LogP contribution in [0.2, 0.25) is 0 Å². The number of hydrogen-bond donors (Lipinski definition) is 2. The molecule has 5 rings (SSSR count). The number of hydrogen-bond acceptors (Lipinski definition) is 8. The maximum Gasteiger partial charge on any atom is 0.291 e. The van der Waals surface area contributed by atoms with Crippen LogP contribution in [0.25, 0.3) is 0 Å². The number of amides is 4. The zero-order valence-electron chi connectivity index (χ0n) is 19.6. The minimum atomic E-state index is -0.688. The monoisotopic (exact) mass is 674 g/mol. The number of carbonyl (C=O) groups excluding carboxylic acids is 4. The van der Waals surface area contributed by atoms with Gasteiger partial charge in [-0.1, -0.05) is 56.1 Å². The fourth-order valence-electron chi connectivity index (χ4n) is 3.87. The van der Waals surface area contributed by atoms with Crippen molar-refractivity contribution in [1.29, 1.82) is 0 Å². The summed E-state index contributed by atoms with van der Waals surface area (Å²) in [5.41, 5.74) is 3.03. The molecule has 2 fully saturated rings. The average Bonchev–Trinajstić information content (AvgIpc) is 3.32. The number of rotatable bonds is 8. The number of thioether (sulfide) groups is 2. The molecule has 3 aromatic rings. The van der Waals surface area contributed by atoms with Crippen LogP contribution in [0, 0.1) is 0 Å². The van der Waals surface area contributed by atoms with E-state index in [9.17, 15) is 19.2 Å². The van der Waals surface area contributed by atoms with E-state index in [1.54, 1.807) is 24.3 Å². The highest BCUT2D eigenvalue weighted by molar-refractivity contribution is 9.10. The largest absolute Gasteiger partial charge is 0.365 e. The van der Waals surface area contributed by atoms with Gasteiger partial charge in [0.2, 0.25) is 0 Å². The second-order valence-electron chi connectivity index (χ2n) is 8.50. The number of anilines is 2. The van der Waals surface area contributed by atoms with Crippen LogP contribution in [0.5, 0.6) is 0 Å². The molecule has 3 aromatic carbocycles. The highest BCUT2D eigenvalue weighted by Gasteiger charge is 2.41. The summed E-state index contributed by atoms with van der Waals surface area (Å²) < 4.78 is 1.84. The summed E-state index contributed by atoms with van der Waals surface area (Å²) in [6.07, 6.45) is 0. The van der Waals surface area contributed by atoms with E-state index in [0.717, 1.165) is 55.0 Å². The topological polar surface area (TPSA) is 98.8 Å². The minimum absolute atomic E-state index is 0.139. The predicted molar refractivity (Wildman–Crippen MR) is 157 cm³/mol. The normalized spacial score (nSPS) is 19.4. The van der Waals surface area contributed by atoms with Crippen LogP contribution in [0.3, 0.4) is 0 Å². The molecular weight excluding hydrogens is 656 g/mol. The van der Waals surface area contributed by atoms with Crippen LogP contribution < -0.4 is 10.6 Å². The Bertz CT molecular complexity index is 1280. The second kappa shape index (κ2) is 11.5. The SMILES string of the molecule is O=C1S[C@H](Nc2ccc(Br)cc2)C(=O)N1Cc1ccc(CN2C(=O)S[C@H](Nc3ccc(Br)cc3)C2=O)cc1. The van der Waals surface area contributed by atoms with E-state index in [0.29, 0.717) is 0 Å². The maximum absolute atomic E-state index is 12.9. The minimum Gasteiger partial charge on any atom is -0.365 e. The fraction of sp³-hybridized carbons (Fsp3) is 0.154. The second-order valence-corrected chi connectivity index (χ2v) is 12.4. The first-order valence-corrected chi connectivity index (χ1v) is 14.8. The van der Waals surface area contributed by atoms with Crippen molar-refractivity contribution in [3.63, 3.8) is 0 Å². The Labute approximate surface area is 244 Å². The van der Waals surface area contributed by atoms with Gasteiger partial charge in [0.15, 0.2) is 10.7 Å². The van der Waals surface area contributed by atoms with Crippen molar-refractivity contribution in [2.45, 2.75) is 23.8 Å². The third kappa shape index (κ3) is 6.09. The lowest BCUT2D eigenvalue weighted by atomic mass is 10.1. The Balaban J connectivity index is 1.17. The molecule has 0 saturated carbocycles. The molecule has 12 heteroatoms. The molecule has 8 nitrogen and oxygen atoms in total. The Morgan fingerprint density at radius 3 is 1.26 bits per heavy atom. The molecule has 0 aromatic heterocycles. The molecule has 2 aliphatic rings. The Kier molecular flexibility index (Phi) is 8.12. The lowest BCUT2D eigenvalue weighted by Crippen LogP contribution is -2.34. The zero-order valence-corrected chi connectivity index (χ0v) is 24.4. The van der Waals surface area contributed by atoms with Gasteiger partial charge in [-0.15, -0.1) is 0 Å². The molecule has 0 bridgehead atoms. The molecular formula is C26H20Br2N4O4S2. The van der Waals surface area contributed by atoms with Gasteiger partial charge in [0.25, 0.3) is 22.3 Å². The van der Waals surface area contributed by atoms with Crippen molar-refractivity contribution in [2.24, 2.45) is 0 Å². The summed E-state index contributed by atoms with van der Waals surface area (Å²) in [4.78, 5) is 53.2. The Hall–Kier alpha value is -2.80. The summed E-state index contributed by atoms with van der Waals surface area (Å²) >= 11 is 8.65. The molecule has 0 radical (unpaired) electrons. The van der Waals surface area contributed by atoms with Gasteiger partial charge in [-0.2, -0.15) is 0 Å². The van der Waals surface area contributed by atoms with Crippen molar-refractivity contribution >= 4 is 89.1 Å². The van der Waals surface area contributed by atoms with Gasteiger partial charge < -0.3 is 10.6 Å². The number of nitrogens with one attached hydrogen (secondary N) is 2. The molecule has 0 aliphatic carbocycles. The Morgan fingerprint density at radius 1 is 0.579 bits per heavy atom. The molecule has 2 saturated heterocycles. The lowest BCUT2D eigenvalue weighted by Gasteiger charge is -2.17. The van der Waals surface area contributed by atoms with Crippen molar-refractivity contribution in [3.8, 4) is 0 Å². The standard InChI is InChI=1S/C26H20Br2N4O4S2/c27-17-5-9-19(10-6-17)29-21-23(33)31(25(35)37-21)13-15-1-2-16(4-3-15)14-32-24(34)22(38-26(32)36)30-20-11-7-18(28)8-12-20/h1-12,21-22,29-30H,13-14H2/t21-,22-/m0/s1. The highest BCUT2D eigenvalue weighted by Crippen LogP contribution is 2.32. The third-order valence-corrected chi connectivity index (χ3v) is 8.86. The van der Waals surface area contributed by atoms with Crippen LogP contribution in [0.1, 0.15) is 11.1 Å². The van der Waals surface area contributed by atoms with Gasteiger partial charge in [-0.25, -0.2) is 0 Å². The first-order valence-electron chi connectivity index (χ1n) is 11.4. The number of imide groups is 2. The van der Waals surface area contributed by atoms with E-state index < -0.39 is 10.7 Å². The maximum atomic E-state index is 12.9. The predicted octanol–water partition coefficient (Wildman–Crippen LogP) is 6.48. The van der Waals surface area contributed by atoms with Crippen molar-refractivity contribution in [1.82, 2.24) is 9.80 Å². The van der Waals surface area contributed by atoms with Gasteiger partial charge >= 0.3 is 0 Å². The van der Waals surface area contributed by atoms with Crippen LogP contribution in [-0.4, -0.2) is 42.8 Å². The molecule has 2 atom stereocenters. The quantitative estimate of drug-likeness (QED) is 0.280. The highest BCUT2D eigenvalue weighted by atomic mass is 79.9. The van der Waals surface area contributed by atoms with Gasteiger partial charge in [0.05, 0.1) is 13.1 Å². The van der Waals surface area contributed by atoms with E-state index in [1.807, 2.05) is 48.5 Å². The number of benzene rings is 3. The van der Waals surface area contributed by atoms with Crippen LogP contribution in [0.15, 0.2) is 81.7 Å². The Morgan fingerprint density at radius 2 is 0.921 bits per heavy atom. The average molecular weight is 676 g/mol. The van der Waals surface area contributed by atoms with E-state index in [4.69, 9.17) is 0 Å². The van der Waals surface area contributed by atoms with Gasteiger partial charge in [0.1, 0.15) is 0 Å². The van der Waals surface area contributed by atoms with Crippen LogP contribution >= 0.6 is 55.4 Å². The fourth-order valence-corrected chi connectivity index (χ4v) is 6.21. The lowest BCUT2D eigenvalue weighted by molar-refractivity contribution is -0.127. The summed E-state index contributed by atoms with van der Waals surface area (Å²) in [6, 6.07) is 21.9. The number of nitrogens with zero attached hydrogens (tertiary/aromatic N) is 2. The summed E-state index contributed by atoms with van der Waals surface area (Å²) in [7, 11) is 0. The van der Waals surface area contributed by atoms with E-state index >= 15 is 0 Å². The zero-order chi connectivity index (χ0) is 26.8. The van der Waals surface area contributed by atoms with Gasteiger partial charge in [0, 0.05) is 20.3 Å². The smallest absolute Gasteiger partial charge is 0.291 e. The van der Waals surface area contributed by atoms with Gasteiger partial charge in [-0.3, -0.25) is 29.0 Å². The molecule has 0 unspecified atom stereocenters. The van der Waals surface area contributed by atoms with E-state index in [-0.39, 0.29) is 35.4 Å². The van der Waals surface area contributed by atoms with Crippen LogP contribution in [-0.2, 0) is 22.7 Å². The molecule has 194 valence electrons. The molecule has 38 heavy (non-hydrogen) atoms. The summed E-state index contributed by atoms with van der Waals surface area (Å²) in [5, 5.41) is 4.18. The summed E-state index contributed by atoms with van der Waals surface area (Å²) in [6.45, 7) is 0.278. The third-order valence-electron chi connectivity index (χ3n) is 5.85. The molecule has 4 amide bonds. The number of carbonyl (C=O) groups is 4. The van der Waals surface area contributed by atoms with E-state index in [2.05, 4.69) is 42.5 Å². The van der Waals surface area contributed by atoms with E-state index in [1.165, 1.54) is 9.80 Å². The van der Waals surface area contributed by atoms with Crippen molar-refractivity contribution < 1.29 is 19.2 Å². The first kappa shape index (κ1) is 26.8. The van der Waals surface area contributed by atoms with Crippen molar-refractivity contribution in [3.05, 3.63) is 92.9 Å². The van der Waals surface area contributed by atoms with Crippen molar-refractivity contribution in [2.75, 3.05) is 10.6 Å². The van der Waals surface area contributed by atoms with Gasteiger partial charge in [-0.05, 0) is 83.2 Å². The first-order chi connectivity index (χ1) is 18.3. The summed E-state index contributed by atoms with van der Waals surface area (Å²) in [5.74, 6) is -0.608. The molecule has 2 aliphatic heterocycles. The molecule has 2 N–H and O–H groups in total. The number of halogens is 2. The van der Waals surface area contributed by atoms with Crippen LogP contribution in [0.4, 0.5) is 21.0 Å². The molecule has 2 heterocycles.